The van der Waals surface area contributed by atoms with Crippen molar-refractivity contribution < 1.29 is 4.79 Å². The highest BCUT2D eigenvalue weighted by atomic mass is 16.2. The van der Waals surface area contributed by atoms with Crippen LogP contribution in [0.2, 0.25) is 0 Å². The zero-order valence-electron chi connectivity index (χ0n) is 10.7. The Morgan fingerprint density at radius 1 is 1.19 bits per heavy atom. The molecule has 0 atom stereocenters. The zero-order valence-corrected chi connectivity index (χ0v) is 10.7. The van der Waals surface area contributed by atoms with Gasteiger partial charge in [-0.3, -0.25) is 4.79 Å². The van der Waals surface area contributed by atoms with Crippen LogP contribution in [-0.2, 0) is 4.79 Å². The minimum atomic E-state index is -0.131. The molecule has 0 unspecified atom stereocenters. The first-order chi connectivity index (χ1) is 7.53. The lowest BCUT2D eigenvalue weighted by Gasteiger charge is -2.38. The average molecular weight is 219 g/mol. The topological polar surface area (TPSA) is 20.3 Å². The number of rotatable bonds is 4. The van der Waals surface area contributed by atoms with E-state index >= 15 is 0 Å². The third-order valence-corrected chi connectivity index (χ3v) is 3.04. The Bertz CT molecular complexity index is 343. The summed E-state index contributed by atoms with van der Waals surface area (Å²) in [5.41, 5.74) is 0.857. The van der Waals surface area contributed by atoms with Crippen molar-refractivity contribution in [2.45, 2.75) is 46.1 Å². The molecule has 0 radical (unpaired) electrons. The number of carbonyl (C=O) groups is 1. The number of amides is 1. The van der Waals surface area contributed by atoms with Crippen LogP contribution in [0.3, 0.4) is 0 Å². The predicted octanol–water partition coefficient (Wildman–Crippen LogP) is 3.62. The van der Waals surface area contributed by atoms with Gasteiger partial charge in [0.25, 0.3) is 0 Å². The molecule has 1 amide bonds. The Hall–Kier alpha value is -1.31. The second-order valence-corrected chi connectivity index (χ2v) is 4.58. The fourth-order valence-corrected chi connectivity index (χ4v) is 1.72. The second kappa shape index (κ2) is 5.15. The molecule has 0 aliphatic carbocycles. The normalized spacial score (nSPS) is 11.2. The average Bonchev–Trinajstić information content (AvgIpc) is 2.30. The largest absolute Gasteiger partial charge is 0.307 e. The van der Waals surface area contributed by atoms with Crippen molar-refractivity contribution in [3.63, 3.8) is 0 Å². The number of nitrogens with zero attached hydrogens (tertiary/aromatic N) is 1. The van der Waals surface area contributed by atoms with Gasteiger partial charge in [-0.15, -0.1) is 0 Å². The summed E-state index contributed by atoms with van der Waals surface area (Å²) in [5.74, 6) is 0.179. The van der Waals surface area contributed by atoms with Crippen molar-refractivity contribution in [1.29, 1.82) is 0 Å². The lowest BCUT2D eigenvalue weighted by molar-refractivity contribution is -0.119. The fourth-order valence-electron chi connectivity index (χ4n) is 1.72. The minimum Gasteiger partial charge on any atom is -0.307 e. The van der Waals surface area contributed by atoms with E-state index in [0.717, 1.165) is 12.1 Å². The first-order valence-corrected chi connectivity index (χ1v) is 5.91. The Balaban J connectivity index is 3.12. The van der Waals surface area contributed by atoms with Gasteiger partial charge in [0.15, 0.2) is 0 Å². The lowest BCUT2D eigenvalue weighted by Crippen LogP contribution is -2.47. The molecule has 0 saturated heterocycles. The standard InChI is InChI=1S/C14H21NO/c1-5-13(16)15(14(3,4)6-2)12-10-8-7-9-11-12/h7-11H,5-6H2,1-4H3. The molecule has 0 spiro atoms. The molecule has 0 fully saturated rings. The van der Waals surface area contributed by atoms with E-state index < -0.39 is 0 Å². The summed E-state index contributed by atoms with van der Waals surface area (Å²) >= 11 is 0. The Morgan fingerprint density at radius 2 is 1.75 bits per heavy atom. The maximum absolute atomic E-state index is 12.0. The van der Waals surface area contributed by atoms with Crippen LogP contribution in [0.5, 0.6) is 0 Å². The van der Waals surface area contributed by atoms with Gasteiger partial charge in [0.2, 0.25) is 5.91 Å². The van der Waals surface area contributed by atoms with E-state index in [0.29, 0.717) is 6.42 Å². The van der Waals surface area contributed by atoms with Gasteiger partial charge in [0, 0.05) is 17.6 Å². The highest BCUT2D eigenvalue weighted by Crippen LogP contribution is 2.27. The van der Waals surface area contributed by atoms with E-state index in [1.807, 2.05) is 42.2 Å². The van der Waals surface area contributed by atoms with E-state index in [1.54, 1.807) is 0 Å². The molecule has 0 heterocycles. The van der Waals surface area contributed by atoms with Crippen LogP contribution in [0, 0.1) is 0 Å². The van der Waals surface area contributed by atoms with Crippen LogP contribution in [-0.4, -0.2) is 11.4 Å². The van der Waals surface area contributed by atoms with Gasteiger partial charge in [-0.25, -0.2) is 0 Å². The van der Waals surface area contributed by atoms with Crippen LogP contribution in [0.4, 0.5) is 5.69 Å². The summed E-state index contributed by atoms with van der Waals surface area (Å²) in [6, 6.07) is 9.89. The van der Waals surface area contributed by atoms with Gasteiger partial charge in [-0.05, 0) is 32.4 Å². The van der Waals surface area contributed by atoms with E-state index in [9.17, 15) is 4.79 Å². The SMILES string of the molecule is CCC(=O)N(c1ccccc1)C(C)(C)CC. The molecule has 1 rings (SSSR count). The molecule has 16 heavy (non-hydrogen) atoms. The number of hydrogen-bond donors (Lipinski definition) is 0. The number of anilines is 1. The molecule has 0 aliphatic rings. The zero-order chi connectivity index (χ0) is 12.2. The smallest absolute Gasteiger partial charge is 0.227 e. The maximum Gasteiger partial charge on any atom is 0.227 e. The van der Waals surface area contributed by atoms with Crippen molar-refractivity contribution in [1.82, 2.24) is 0 Å². The summed E-state index contributed by atoms with van der Waals surface area (Å²) in [4.78, 5) is 14.0. The van der Waals surface area contributed by atoms with Crippen LogP contribution < -0.4 is 4.90 Å². The summed E-state index contributed by atoms with van der Waals surface area (Å²) in [6.45, 7) is 8.23. The number of benzene rings is 1. The molecule has 0 N–H and O–H groups in total. The molecular formula is C14H21NO. The van der Waals surface area contributed by atoms with Crippen LogP contribution in [0.25, 0.3) is 0 Å². The third-order valence-electron chi connectivity index (χ3n) is 3.04. The molecule has 2 nitrogen and oxygen atoms in total. The van der Waals surface area contributed by atoms with Crippen LogP contribution in [0.1, 0.15) is 40.5 Å². The summed E-state index contributed by atoms with van der Waals surface area (Å²) in [5, 5.41) is 0. The van der Waals surface area contributed by atoms with Crippen molar-refractivity contribution in [2.75, 3.05) is 4.90 Å². The molecule has 0 aliphatic heterocycles. The van der Waals surface area contributed by atoms with Gasteiger partial charge in [-0.2, -0.15) is 0 Å². The quantitative estimate of drug-likeness (QED) is 0.757. The number of hydrogen-bond acceptors (Lipinski definition) is 1. The Morgan fingerprint density at radius 3 is 2.19 bits per heavy atom. The summed E-state index contributed by atoms with van der Waals surface area (Å²) in [7, 11) is 0. The van der Waals surface area contributed by atoms with Gasteiger partial charge in [0.1, 0.15) is 0 Å². The Labute approximate surface area is 98.3 Å². The van der Waals surface area contributed by atoms with Crippen molar-refractivity contribution in [3.8, 4) is 0 Å². The summed E-state index contributed by atoms with van der Waals surface area (Å²) < 4.78 is 0. The highest BCUT2D eigenvalue weighted by molar-refractivity contribution is 5.94. The number of carbonyl (C=O) groups excluding carboxylic acids is 1. The molecule has 0 bridgehead atoms. The van der Waals surface area contributed by atoms with Crippen LogP contribution >= 0.6 is 0 Å². The molecule has 1 aromatic carbocycles. The monoisotopic (exact) mass is 219 g/mol. The van der Waals surface area contributed by atoms with E-state index in [2.05, 4.69) is 20.8 Å². The van der Waals surface area contributed by atoms with E-state index in [1.165, 1.54) is 0 Å². The first kappa shape index (κ1) is 12.8. The van der Waals surface area contributed by atoms with E-state index in [-0.39, 0.29) is 11.4 Å². The first-order valence-electron chi connectivity index (χ1n) is 5.91. The highest BCUT2D eigenvalue weighted by Gasteiger charge is 2.29. The maximum atomic E-state index is 12.0. The van der Waals surface area contributed by atoms with Gasteiger partial charge in [0.05, 0.1) is 0 Å². The molecule has 1 aromatic rings. The van der Waals surface area contributed by atoms with Crippen molar-refractivity contribution in [2.24, 2.45) is 0 Å². The van der Waals surface area contributed by atoms with Crippen LogP contribution in [0.15, 0.2) is 30.3 Å². The van der Waals surface area contributed by atoms with Gasteiger partial charge >= 0.3 is 0 Å². The molecule has 2 heteroatoms. The lowest BCUT2D eigenvalue weighted by atomic mass is 9.97. The molecular weight excluding hydrogens is 198 g/mol. The van der Waals surface area contributed by atoms with Crippen molar-refractivity contribution in [3.05, 3.63) is 30.3 Å². The van der Waals surface area contributed by atoms with Gasteiger partial charge in [-0.1, -0.05) is 32.0 Å². The Kier molecular flexibility index (Phi) is 4.11. The van der Waals surface area contributed by atoms with Gasteiger partial charge < -0.3 is 4.90 Å². The minimum absolute atomic E-state index is 0.131. The second-order valence-electron chi connectivity index (χ2n) is 4.58. The molecule has 88 valence electrons. The number of para-hydroxylation sites is 1. The van der Waals surface area contributed by atoms with E-state index in [4.69, 9.17) is 0 Å². The van der Waals surface area contributed by atoms with Crippen molar-refractivity contribution >= 4 is 11.6 Å². The predicted molar refractivity (Wildman–Crippen MR) is 68.6 cm³/mol. The molecule has 0 saturated carbocycles. The third kappa shape index (κ3) is 2.63. The fraction of sp³-hybridized carbons (Fsp3) is 0.500. The summed E-state index contributed by atoms with van der Waals surface area (Å²) in [6.07, 6.45) is 1.48. The molecule has 0 aromatic heterocycles.